The van der Waals surface area contributed by atoms with Crippen LogP contribution in [0.2, 0.25) is 0 Å². The average molecular weight is 413 g/mol. The van der Waals surface area contributed by atoms with Gasteiger partial charge in [0.15, 0.2) is 0 Å². The van der Waals surface area contributed by atoms with Gasteiger partial charge in [0, 0.05) is 29.1 Å². The predicted octanol–water partition coefficient (Wildman–Crippen LogP) is 3.89. The van der Waals surface area contributed by atoms with Crippen LogP contribution < -0.4 is 5.32 Å². The molecule has 0 aromatic carbocycles. The molecule has 1 aliphatic carbocycles. The molecule has 1 saturated carbocycles. The number of nitrogens with zero attached hydrogens (tertiary/aromatic N) is 4. The van der Waals surface area contributed by atoms with Gasteiger partial charge in [0.25, 0.3) is 0 Å². The van der Waals surface area contributed by atoms with Gasteiger partial charge >= 0.3 is 12.1 Å². The molecule has 0 unspecified atom stereocenters. The summed E-state index contributed by atoms with van der Waals surface area (Å²) in [6, 6.07) is 3.48. The number of thiophene rings is 1. The first-order chi connectivity index (χ1) is 12.9. The lowest BCUT2D eigenvalue weighted by atomic mass is 10.3. The first kappa shape index (κ1) is 18.1. The molecular weight excluding hydrogens is 399 g/mol. The summed E-state index contributed by atoms with van der Waals surface area (Å²) in [6.07, 6.45) is 1.36. The Morgan fingerprint density at radius 1 is 1.37 bits per heavy atom. The summed E-state index contributed by atoms with van der Waals surface area (Å²) in [5.41, 5.74) is 1.02. The van der Waals surface area contributed by atoms with Crippen molar-refractivity contribution in [1.29, 1.82) is 0 Å². The van der Waals surface area contributed by atoms with E-state index in [4.69, 9.17) is 12.2 Å². The van der Waals surface area contributed by atoms with Crippen LogP contribution in [0.1, 0.15) is 29.2 Å². The van der Waals surface area contributed by atoms with Crippen molar-refractivity contribution >= 4 is 28.5 Å². The minimum absolute atomic E-state index is 0.0717. The summed E-state index contributed by atoms with van der Waals surface area (Å²) in [6.45, 7) is 1.13. The molecule has 27 heavy (non-hydrogen) atoms. The number of hydrogen-bond acceptors (Lipinski definition) is 6. The Bertz CT molecular complexity index is 957. The lowest BCUT2D eigenvalue weighted by Crippen LogP contribution is -2.21. The first-order valence-corrected chi connectivity index (χ1v) is 9.40. The van der Waals surface area contributed by atoms with Crippen molar-refractivity contribution in [3.05, 3.63) is 40.9 Å². The van der Waals surface area contributed by atoms with Crippen LogP contribution in [0.4, 0.5) is 13.2 Å². The smallest absolute Gasteiger partial charge is 0.375 e. The number of nitrogens with one attached hydrogen (secondary N) is 1. The van der Waals surface area contributed by atoms with Crippen molar-refractivity contribution in [2.75, 3.05) is 0 Å². The SMILES string of the molecule is FC(F)(F)c1nc(-c2ccc(Cn3cc(CNC(=S)C4CC4)cn3)s2)no1. The summed E-state index contributed by atoms with van der Waals surface area (Å²) in [5.74, 6) is -0.888. The number of hydrogen-bond donors (Lipinski definition) is 1. The van der Waals surface area contributed by atoms with Crippen LogP contribution in [-0.4, -0.2) is 24.9 Å². The van der Waals surface area contributed by atoms with E-state index in [1.54, 1.807) is 16.9 Å². The number of rotatable bonds is 6. The van der Waals surface area contributed by atoms with Crippen LogP contribution in [0.5, 0.6) is 0 Å². The minimum atomic E-state index is -4.65. The van der Waals surface area contributed by atoms with E-state index in [9.17, 15) is 13.2 Å². The molecule has 0 spiro atoms. The van der Waals surface area contributed by atoms with Crippen LogP contribution in [0.15, 0.2) is 29.0 Å². The Kier molecular flexibility index (Phi) is 4.72. The van der Waals surface area contributed by atoms with Crippen molar-refractivity contribution in [2.24, 2.45) is 5.92 Å². The Balaban J connectivity index is 1.38. The van der Waals surface area contributed by atoms with Gasteiger partial charge in [-0.2, -0.15) is 23.3 Å². The van der Waals surface area contributed by atoms with E-state index < -0.39 is 12.1 Å². The number of halogens is 3. The van der Waals surface area contributed by atoms with Gasteiger partial charge in [0.1, 0.15) is 0 Å². The number of thiocarbonyl (C=S) groups is 1. The summed E-state index contributed by atoms with van der Waals surface area (Å²) in [5, 5.41) is 10.9. The van der Waals surface area contributed by atoms with Gasteiger partial charge in [-0.05, 0) is 25.0 Å². The van der Waals surface area contributed by atoms with Gasteiger partial charge in [0.2, 0.25) is 5.82 Å². The molecular formula is C16H14F3N5OS2. The fraction of sp³-hybridized carbons (Fsp3) is 0.375. The largest absolute Gasteiger partial charge is 0.471 e. The minimum Gasteiger partial charge on any atom is -0.375 e. The van der Waals surface area contributed by atoms with E-state index in [1.165, 1.54) is 11.3 Å². The number of aromatic nitrogens is 4. The summed E-state index contributed by atoms with van der Waals surface area (Å²) >= 11 is 6.59. The predicted molar refractivity (Wildman–Crippen MR) is 96.1 cm³/mol. The molecule has 0 radical (unpaired) electrons. The molecule has 1 aliphatic rings. The van der Waals surface area contributed by atoms with Crippen molar-refractivity contribution < 1.29 is 17.7 Å². The van der Waals surface area contributed by atoms with Crippen LogP contribution in [0.3, 0.4) is 0 Å². The summed E-state index contributed by atoms with van der Waals surface area (Å²) in [4.78, 5) is 5.73. The van der Waals surface area contributed by atoms with Crippen molar-refractivity contribution in [1.82, 2.24) is 25.2 Å². The molecule has 142 valence electrons. The first-order valence-electron chi connectivity index (χ1n) is 8.17. The highest BCUT2D eigenvalue weighted by Gasteiger charge is 2.38. The average Bonchev–Trinajstić information content (AvgIpc) is 3.02. The van der Waals surface area contributed by atoms with Crippen molar-refractivity contribution in [3.63, 3.8) is 0 Å². The van der Waals surface area contributed by atoms with E-state index in [-0.39, 0.29) is 5.82 Å². The third-order valence-corrected chi connectivity index (χ3v) is 5.51. The second-order valence-corrected chi connectivity index (χ2v) is 7.83. The van der Waals surface area contributed by atoms with Gasteiger partial charge in [-0.3, -0.25) is 4.68 Å². The van der Waals surface area contributed by atoms with E-state index >= 15 is 0 Å². The zero-order valence-corrected chi connectivity index (χ0v) is 15.5. The quantitative estimate of drug-likeness (QED) is 0.619. The van der Waals surface area contributed by atoms with Crippen LogP contribution in [0.25, 0.3) is 10.7 Å². The van der Waals surface area contributed by atoms with Crippen LogP contribution in [-0.2, 0) is 19.3 Å². The lowest BCUT2D eigenvalue weighted by Gasteiger charge is -2.04. The Labute approximate surface area is 161 Å². The molecule has 0 amide bonds. The van der Waals surface area contributed by atoms with Gasteiger partial charge in [-0.1, -0.05) is 17.4 Å². The maximum Gasteiger partial charge on any atom is 0.471 e. The standard InChI is InChI=1S/C16H14F3N5OS2/c17-16(18,19)15-22-13(23-25-15)12-4-3-11(27-12)8-24-7-9(6-21-24)5-20-14(26)10-1-2-10/h3-4,6-7,10H,1-2,5,8H2,(H,20,26). The molecule has 3 aromatic heterocycles. The van der Waals surface area contributed by atoms with E-state index in [0.29, 0.717) is 23.9 Å². The molecule has 4 rings (SSSR count). The Morgan fingerprint density at radius 3 is 2.89 bits per heavy atom. The molecule has 1 fully saturated rings. The second-order valence-electron chi connectivity index (χ2n) is 6.23. The highest BCUT2D eigenvalue weighted by molar-refractivity contribution is 7.80. The Morgan fingerprint density at radius 2 is 2.19 bits per heavy atom. The lowest BCUT2D eigenvalue weighted by molar-refractivity contribution is -0.159. The van der Waals surface area contributed by atoms with Crippen molar-refractivity contribution in [3.8, 4) is 10.7 Å². The van der Waals surface area contributed by atoms with Gasteiger partial charge < -0.3 is 9.84 Å². The molecule has 0 aliphatic heterocycles. The third kappa shape index (κ3) is 4.35. The Hall–Kier alpha value is -2.27. The van der Waals surface area contributed by atoms with Gasteiger partial charge in [-0.15, -0.1) is 11.3 Å². The summed E-state index contributed by atoms with van der Waals surface area (Å²) in [7, 11) is 0. The summed E-state index contributed by atoms with van der Waals surface area (Å²) < 4.78 is 43.7. The topological polar surface area (TPSA) is 68.8 Å². The number of alkyl halides is 3. The molecule has 6 nitrogen and oxygen atoms in total. The maximum absolute atomic E-state index is 12.6. The zero-order chi connectivity index (χ0) is 19.0. The monoisotopic (exact) mass is 413 g/mol. The molecule has 11 heteroatoms. The molecule has 3 aromatic rings. The molecule has 0 bridgehead atoms. The van der Waals surface area contributed by atoms with E-state index in [1.807, 2.05) is 12.3 Å². The maximum atomic E-state index is 12.6. The van der Waals surface area contributed by atoms with E-state index in [0.717, 1.165) is 28.3 Å². The molecule has 0 atom stereocenters. The van der Waals surface area contributed by atoms with Crippen LogP contribution in [0, 0.1) is 5.92 Å². The van der Waals surface area contributed by atoms with Crippen molar-refractivity contribution in [2.45, 2.75) is 32.1 Å². The van der Waals surface area contributed by atoms with Crippen LogP contribution >= 0.6 is 23.6 Å². The third-order valence-electron chi connectivity index (χ3n) is 3.97. The van der Waals surface area contributed by atoms with E-state index in [2.05, 4.69) is 25.1 Å². The highest BCUT2D eigenvalue weighted by atomic mass is 32.1. The molecule has 1 N–H and O–H groups in total. The van der Waals surface area contributed by atoms with Gasteiger partial charge in [-0.25, -0.2) is 0 Å². The highest BCUT2D eigenvalue weighted by Crippen LogP contribution is 2.32. The fourth-order valence-electron chi connectivity index (χ4n) is 2.44. The molecule has 0 saturated heterocycles. The fourth-order valence-corrected chi connectivity index (χ4v) is 3.68. The molecule has 3 heterocycles. The zero-order valence-electron chi connectivity index (χ0n) is 13.9. The normalized spacial score (nSPS) is 14.5. The van der Waals surface area contributed by atoms with Gasteiger partial charge in [0.05, 0.1) is 22.6 Å². The second kappa shape index (κ2) is 7.04.